The third-order valence-corrected chi connectivity index (χ3v) is 3.37. The van der Waals surface area contributed by atoms with Gasteiger partial charge in [0.25, 0.3) is 0 Å². The monoisotopic (exact) mass is 286 g/mol. The van der Waals surface area contributed by atoms with E-state index in [4.69, 9.17) is 9.47 Å². The second kappa shape index (κ2) is 7.59. The first-order valence-corrected chi connectivity index (χ1v) is 7.09. The molecule has 0 saturated carbocycles. The Kier molecular flexibility index (Phi) is 6.42. The van der Waals surface area contributed by atoms with Crippen molar-refractivity contribution < 1.29 is 19.1 Å². The third kappa shape index (κ3) is 4.76. The van der Waals surface area contributed by atoms with Crippen molar-refractivity contribution in [3.8, 4) is 0 Å². The average Bonchev–Trinajstić information content (AvgIpc) is 2.36. The highest BCUT2D eigenvalue weighted by atomic mass is 16.5. The van der Waals surface area contributed by atoms with Crippen LogP contribution < -0.4 is 5.32 Å². The number of morpholine rings is 1. The number of nitrogens with one attached hydrogen (secondary N) is 1. The van der Waals surface area contributed by atoms with Gasteiger partial charge in [-0.3, -0.25) is 14.9 Å². The normalized spacial score (nSPS) is 24.6. The van der Waals surface area contributed by atoms with Gasteiger partial charge in [0.05, 0.1) is 25.9 Å². The molecule has 0 radical (unpaired) electrons. The van der Waals surface area contributed by atoms with Gasteiger partial charge < -0.3 is 14.4 Å². The molecule has 0 aromatic carbocycles. The minimum absolute atomic E-state index is 0.0125. The van der Waals surface area contributed by atoms with Crippen molar-refractivity contribution >= 4 is 11.9 Å². The molecule has 0 aromatic rings. The first-order valence-electron chi connectivity index (χ1n) is 7.09. The van der Waals surface area contributed by atoms with E-state index in [-0.39, 0.29) is 36.5 Å². The fourth-order valence-electron chi connectivity index (χ4n) is 2.41. The van der Waals surface area contributed by atoms with E-state index in [9.17, 15) is 9.59 Å². The zero-order chi connectivity index (χ0) is 15.3. The first kappa shape index (κ1) is 16.9. The number of ether oxygens (including phenoxy) is 2. The van der Waals surface area contributed by atoms with Crippen LogP contribution in [0.25, 0.3) is 0 Å². The summed E-state index contributed by atoms with van der Waals surface area (Å²) in [5.74, 6) is -0.282. The van der Waals surface area contributed by atoms with Gasteiger partial charge in [0.1, 0.15) is 6.04 Å². The lowest BCUT2D eigenvalue weighted by Gasteiger charge is -2.35. The zero-order valence-corrected chi connectivity index (χ0v) is 13.0. The Morgan fingerprint density at radius 3 is 2.30 bits per heavy atom. The maximum absolute atomic E-state index is 12.2. The lowest BCUT2D eigenvalue weighted by molar-refractivity contribution is -0.146. The second-order valence-corrected chi connectivity index (χ2v) is 5.68. The summed E-state index contributed by atoms with van der Waals surface area (Å²) in [5.41, 5.74) is 0. The van der Waals surface area contributed by atoms with E-state index in [1.165, 1.54) is 7.11 Å². The topological polar surface area (TPSA) is 67.9 Å². The number of rotatable bonds is 5. The predicted octanol–water partition coefficient (Wildman–Crippen LogP) is 0.409. The molecule has 20 heavy (non-hydrogen) atoms. The molecule has 1 aliphatic heterocycles. The maximum atomic E-state index is 12.2. The Hall–Kier alpha value is -1.14. The summed E-state index contributed by atoms with van der Waals surface area (Å²) < 4.78 is 10.3. The summed E-state index contributed by atoms with van der Waals surface area (Å²) in [5, 5.41) is 2.99. The SMILES string of the molecule is COC(=O)C(NCC(=O)N1CC(C)OC(C)C1)C(C)C. The fourth-order valence-corrected chi connectivity index (χ4v) is 2.41. The number of hydrogen-bond acceptors (Lipinski definition) is 5. The van der Waals surface area contributed by atoms with E-state index in [1.54, 1.807) is 4.90 Å². The molecule has 6 heteroatoms. The van der Waals surface area contributed by atoms with Gasteiger partial charge in [-0.1, -0.05) is 13.8 Å². The van der Waals surface area contributed by atoms with Crippen LogP contribution in [-0.4, -0.2) is 61.8 Å². The molecule has 3 unspecified atom stereocenters. The van der Waals surface area contributed by atoms with E-state index >= 15 is 0 Å². The predicted molar refractivity (Wildman–Crippen MR) is 75.2 cm³/mol. The highest BCUT2D eigenvalue weighted by molar-refractivity contribution is 5.80. The molecule has 1 N–H and O–H groups in total. The first-order chi connectivity index (χ1) is 9.35. The summed E-state index contributed by atoms with van der Waals surface area (Å²) >= 11 is 0. The minimum atomic E-state index is -0.458. The smallest absolute Gasteiger partial charge is 0.323 e. The van der Waals surface area contributed by atoms with Crippen molar-refractivity contribution in [1.29, 1.82) is 0 Å². The summed E-state index contributed by atoms with van der Waals surface area (Å²) in [6.45, 7) is 9.06. The van der Waals surface area contributed by atoms with Gasteiger partial charge in [0.2, 0.25) is 5.91 Å². The van der Waals surface area contributed by atoms with Crippen molar-refractivity contribution in [2.75, 3.05) is 26.7 Å². The molecule has 1 saturated heterocycles. The van der Waals surface area contributed by atoms with Crippen LogP contribution in [0.15, 0.2) is 0 Å². The van der Waals surface area contributed by atoms with Crippen LogP contribution in [0, 0.1) is 5.92 Å². The van der Waals surface area contributed by atoms with Crippen LogP contribution >= 0.6 is 0 Å². The minimum Gasteiger partial charge on any atom is -0.468 e. The molecule has 0 bridgehead atoms. The highest BCUT2D eigenvalue weighted by Crippen LogP contribution is 2.11. The van der Waals surface area contributed by atoms with Gasteiger partial charge >= 0.3 is 5.97 Å². The van der Waals surface area contributed by atoms with E-state index in [2.05, 4.69) is 5.32 Å². The molecule has 0 aromatic heterocycles. The van der Waals surface area contributed by atoms with Crippen molar-refractivity contribution in [3.63, 3.8) is 0 Å². The van der Waals surface area contributed by atoms with E-state index in [0.717, 1.165) is 0 Å². The largest absolute Gasteiger partial charge is 0.468 e. The Labute approximate surface area is 120 Å². The molecule has 116 valence electrons. The van der Waals surface area contributed by atoms with Gasteiger partial charge in [-0.15, -0.1) is 0 Å². The number of hydrogen-bond donors (Lipinski definition) is 1. The number of carbonyl (C=O) groups is 2. The van der Waals surface area contributed by atoms with E-state index in [0.29, 0.717) is 13.1 Å². The molecular formula is C14H26N2O4. The molecule has 0 aliphatic carbocycles. The van der Waals surface area contributed by atoms with Crippen molar-refractivity contribution in [1.82, 2.24) is 10.2 Å². The van der Waals surface area contributed by atoms with Crippen molar-refractivity contribution in [2.45, 2.75) is 45.9 Å². The summed E-state index contributed by atoms with van der Waals surface area (Å²) in [6, 6.07) is -0.458. The molecule has 1 aliphatic rings. The maximum Gasteiger partial charge on any atom is 0.323 e. The summed E-state index contributed by atoms with van der Waals surface area (Å²) in [6.07, 6.45) is 0.0911. The molecule has 3 atom stereocenters. The van der Waals surface area contributed by atoms with Gasteiger partial charge in [0, 0.05) is 13.1 Å². The van der Waals surface area contributed by atoms with Crippen LogP contribution in [0.3, 0.4) is 0 Å². The van der Waals surface area contributed by atoms with Gasteiger partial charge in [-0.05, 0) is 19.8 Å². The van der Waals surface area contributed by atoms with Gasteiger partial charge in [0.15, 0.2) is 0 Å². The van der Waals surface area contributed by atoms with E-state index in [1.807, 2.05) is 27.7 Å². The molecule has 1 rings (SSSR count). The second-order valence-electron chi connectivity index (χ2n) is 5.68. The standard InChI is InChI=1S/C14H26N2O4/c1-9(2)13(14(18)19-5)15-6-12(17)16-7-10(3)20-11(4)8-16/h9-11,13,15H,6-8H2,1-5H3. The number of esters is 1. The third-order valence-electron chi connectivity index (χ3n) is 3.37. The molecule has 0 spiro atoms. The lowest BCUT2D eigenvalue weighted by Crippen LogP contribution is -2.52. The van der Waals surface area contributed by atoms with Crippen LogP contribution in [0.1, 0.15) is 27.7 Å². The summed E-state index contributed by atoms with van der Waals surface area (Å²) in [7, 11) is 1.35. The zero-order valence-electron chi connectivity index (χ0n) is 13.0. The Morgan fingerprint density at radius 1 is 1.30 bits per heavy atom. The van der Waals surface area contributed by atoms with E-state index < -0.39 is 6.04 Å². The van der Waals surface area contributed by atoms with Crippen LogP contribution in [0.5, 0.6) is 0 Å². The molecule has 6 nitrogen and oxygen atoms in total. The molecule has 1 heterocycles. The Balaban J connectivity index is 2.50. The number of carbonyl (C=O) groups excluding carboxylic acids is 2. The van der Waals surface area contributed by atoms with Crippen LogP contribution in [0.2, 0.25) is 0 Å². The highest BCUT2D eigenvalue weighted by Gasteiger charge is 2.28. The molecule has 1 fully saturated rings. The molecule has 1 amide bonds. The lowest BCUT2D eigenvalue weighted by atomic mass is 10.0. The Morgan fingerprint density at radius 2 is 1.85 bits per heavy atom. The molecular weight excluding hydrogens is 260 g/mol. The van der Waals surface area contributed by atoms with Gasteiger partial charge in [-0.2, -0.15) is 0 Å². The number of amides is 1. The number of nitrogens with zero attached hydrogens (tertiary/aromatic N) is 1. The van der Waals surface area contributed by atoms with Crippen LogP contribution in [-0.2, 0) is 19.1 Å². The number of methoxy groups -OCH3 is 1. The quantitative estimate of drug-likeness (QED) is 0.741. The van der Waals surface area contributed by atoms with Crippen LogP contribution in [0.4, 0.5) is 0 Å². The average molecular weight is 286 g/mol. The van der Waals surface area contributed by atoms with Gasteiger partial charge in [-0.25, -0.2) is 0 Å². The van der Waals surface area contributed by atoms with Crippen molar-refractivity contribution in [3.05, 3.63) is 0 Å². The summed E-state index contributed by atoms with van der Waals surface area (Å²) in [4.78, 5) is 25.6. The van der Waals surface area contributed by atoms with Crippen molar-refractivity contribution in [2.24, 2.45) is 5.92 Å². The Bertz CT molecular complexity index is 336. The fraction of sp³-hybridized carbons (Fsp3) is 0.857.